The molecule has 0 aromatic rings. The highest BCUT2D eigenvalue weighted by molar-refractivity contribution is 7.53. The van der Waals surface area contributed by atoms with Crippen molar-refractivity contribution in [2.45, 2.75) is 44.9 Å². The minimum Gasteiger partial charge on any atom is -0.378 e. The predicted molar refractivity (Wildman–Crippen MR) is 46.8 cm³/mol. The SMILES string of the molecule is CCCCCC(C)(O)P(=O)(O)O. The molecule has 0 heterocycles. The Labute approximate surface area is 72.8 Å². The second-order valence-corrected chi connectivity index (χ2v) is 5.27. The molecule has 0 aliphatic heterocycles. The van der Waals surface area contributed by atoms with Crippen molar-refractivity contribution in [2.24, 2.45) is 0 Å². The molecular weight excluding hydrogens is 179 g/mol. The third-order valence-corrected chi connectivity index (χ3v) is 3.36. The van der Waals surface area contributed by atoms with Crippen molar-refractivity contribution >= 4 is 7.60 Å². The lowest BCUT2D eigenvalue weighted by Gasteiger charge is -2.23. The van der Waals surface area contributed by atoms with Crippen LogP contribution in [0.4, 0.5) is 0 Å². The van der Waals surface area contributed by atoms with E-state index in [2.05, 4.69) is 0 Å². The molecule has 74 valence electrons. The molecule has 0 saturated carbocycles. The van der Waals surface area contributed by atoms with Crippen molar-refractivity contribution in [2.75, 3.05) is 0 Å². The standard InChI is InChI=1S/C7H17O4P/c1-3-4-5-6-7(2,8)12(9,10)11/h8H,3-6H2,1-2H3,(H2,9,10,11). The Bertz CT molecular complexity index is 172. The van der Waals surface area contributed by atoms with Gasteiger partial charge in [-0.2, -0.15) is 0 Å². The maximum Gasteiger partial charge on any atom is 0.356 e. The van der Waals surface area contributed by atoms with E-state index in [1.807, 2.05) is 6.92 Å². The molecule has 0 saturated heterocycles. The van der Waals surface area contributed by atoms with Gasteiger partial charge in [-0.25, -0.2) is 0 Å². The van der Waals surface area contributed by atoms with Crippen LogP contribution in [0.15, 0.2) is 0 Å². The van der Waals surface area contributed by atoms with Gasteiger partial charge < -0.3 is 14.9 Å². The van der Waals surface area contributed by atoms with Crippen LogP contribution < -0.4 is 0 Å². The maximum atomic E-state index is 10.7. The number of hydrogen-bond donors (Lipinski definition) is 3. The minimum absolute atomic E-state index is 0.158. The summed E-state index contributed by atoms with van der Waals surface area (Å²) in [6, 6.07) is 0. The molecule has 0 rings (SSSR count). The minimum atomic E-state index is -4.35. The largest absolute Gasteiger partial charge is 0.378 e. The van der Waals surface area contributed by atoms with Gasteiger partial charge >= 0.3 is 7.60 Å². The van der Waals surface area contributed by atoms with Crippen molar-refractivity contribution in [1.82, 2.24) is 0 Å². The van der Waals surface area contributed by atoms with Gasteiger partial charge in [-0.3, -0.25) is 4.57 Å². The maximum absolute atomic E-state index is 10.7. The zero-order chi connectivity index (χ0) is 9.83. The molecule has 0 spiro atoms. The fraction of sp³-hybridized carbons (Fsp3) is 1.00. The third-order valence-electron chi connectivity index (χ3n) is 1.88. The van der Waals surface area contributed by atoms with E-state index >= 15 is 0 Å². The van der Waals surface area contributed by atoms with E-state index in [1.54, 1.807) is 0 Å². The van der Waals surface area contributed by atoms with Crippen LogP contribution in [0.2, 0.25) is 0 Å². The van der Waals surface area contributed by atoms with Crippen LogP contribution in [0.3, 0.4) is 0 Å². The van der Waals surface area contributed by atoms with Crippen LogP contribution in [0.25, 0.3) is 0 Å². The number of aliphatic hydroxyl groups is 1. The summed E-state index contributed by atoms with van der Waals surface area (Å²) in [5.41, 5.74) is 0. The summed E-state index contributed by atoms with van der Waals surface area (Å²) in [7, 11) is -4.35. The smallest absolute Gasteiger partial charge is 0.356 e. The third kappa shape index (κ3) is 3.68. The first-order chi connectivity index (χ1) is 5.31. The average Bonchev–Trinajstić information content (AvgIpc) is 1.85. The Morgan fingerprint density at radius 2 is 1.83 bits per heavy atom. The molecular formula is C7H17O4P. The highest BCUT2D eigenvalue weighted by Gasteiger charge is 2.39. The van der Waals surface area contributed by atoms with E-state index in [1.165, 1.54) is 6.92 Å². The van der Waals surface area contributed by atoms with Crippen molar-refractivity contribution < 1.29 is 19.5 Å². The lowest BCUT2D eigenvalue weighted by molar-refractivity contribution is 0.0973. The summed E-state index contributed by atoms with van der Waals surface area (Å²) in [5.74, 6) is 0. The summed E-state index contributed by atoms with van der Waals surface area (Å²) in [6.07, 6.45) is 2.66. The second-order valence-electron chi connectivity index (χ2n) is 3.22. The summed E-state index contributed by atoms with van der Waals surface area (Å²) >= 11 is 0. The van der Waals surface area contributed by atoms with Crippen molar-refractivity contribution in [3.63, 3.8) is 0 Å². The summed E-state index contributed by atoms with van der Waals surface area (Å²) in [6.45, 7) is 3.18. The van der Waals surface area contributed by atoms with Gasteiger partial charge in [0.05, 0.1) is 0 Å². The van der Waals surface area contributed by atoms with Crippen LogP contribution in [-0.2, 0) is 4.57 Å². The first-order valence-electron chi connectivity index (χ1n) is 4.09. The second kappa shape index (κ2) is 4.38. The van der Waals surface area contributed by atoms with Crippen LogP contribution >= 0.6 is 7.60 Å². The molecule has 0 radical (unpaired) electrons. The number of rotatable bonds is 5. The monoisotopic (exact) mass is 196 g/mol. The summed E-state index contributed by atoms with van der Waals surface area (Å²) < 4.78 is 10.7. The lowest BCUT2D eigenvalue weighted by Crippen LogP contribution is -2.23. The quantitative estimate of drug-likeness (QED) is 0.459. The van der Waals surface area contributed by atoms with Gasteiger partial charge in [0, 0.05) is 0 Å². The molecule has 0 aromatic carbocycles. The van der Waals surface area contributed by atoms with Crippen molar-refractivity contribution in [3.8, 4) is 0 Å². The number of unbranched alkanes of at least 4 members (excludes halogenated alkanes) is 2. The normalized spacial score (nSPS) is 17.4. The van der Waals surface area contributed by atoms with Gasteiger partial charge in [0.1, 0.15) is 0 Å². The molecule has 3 N–H and O–H groups in total. The number of hydrogen-bond acceptors (Lipinski definition) is 2. The van der Waals surface area contributed by atoms with E-state index in [0.29, 0.717) is 6.42 Å². The van der Waals surface area contributed by atoms with E-state index in [0.717, 1.165) is 12.8 Å². The fourth-order valence-electron chi connectivity index (χ4n) is 0.856. The first-order valence-corrected chi connectivity index (χ1v) is 5.70. The van der Waals surface area contributed by atoms with Gasteiger partial charge in [-0.05, 0) is 19.8 Å². The molecule has 0 aliphatic rings. The molecule has 12 heavy (non-hydrogen) atoms. The Hall–Kier alpha value is 0.110. The zero-order valence-electron chi connectivity index (χ0n) is 7.53. The van der Waals surface area contributed by atoms with E-state index in [4.69, 9.17) is 9.79 Å². The highest BCUT2D eigenvalue weighted by Crippen LogP contribution is 2.50. The molecule has 0 amide bonds. The molecule has 0 aliphatic carbocycles. The Balaban J connectivity index is 3.97. The average molecular weight is 196 g/mol. The van der Waals surface area contributed by atoms with Gasteiger partial charge in [-0.1, -0.05) is 19.8 Å². The highest BCUT2D eigenvalue weighted by atomic mass is 31.2. The van der Waals surface area contributed by atoms with Crippen molar-refractivity contribution in [1.29, 1.82) is 0 Å². The first kappa shape index (κ1) is 12.1. The topological polar surface area (TPSA) is 77.8 Å². The summed E-state index contributed by atoms with van der Waals surface area (Å²) in [4.78, 5) is 17.4. The molecule has 0 aromatic heterocycles. The molecule has 1 unspecified atom stereocenters. The van der Waals surface area contributed by atoms with Crippen molar-refractivity contribution in [3.05, 3.63) is 0 Å². The summed E-state index contributed by atoms with van der Waals surface area (Å²) in [5, 5.41) is 7.47. The molecule has 0 bridgehead atoms. The zero-order valence-corrected chi connectivity index (χ0v) is 8.42. The van der Waals surface area contributed by atoms with E-state index in [9.17, 15) is 9.67 Å². The van der Waals surface area contributed by atoms with E-state index in [-0.39, 0.29) is 6.42 Å². The van der Waals surface area contributed by atoms with Gasteiger partial charge in [-0.15, -0.1) is 0 Å². The Morgan fingerprint density at radius 3 is 2.17 bits per heavy atom. The molecule has 1 atom stereocenters. The predicted octanol–water partition coefficient (Wildman–Crippen LogP) is 1.45. The Morgan fingerprint density at radius 1 is 1.33 bits per heavy atom. The lowest BCUT2D eigenvalue weighted by atomic mass is 10.1. The molecule has 5 heteroatoms. The molecule has 4 nitrogen and oxygen atoms in total. The fourth-order valence-corrected chi connectivity index (χ4v) is 1.30. The van der Waals surface area contributed by atoms with Crippen LogP contribution in [-0.4, -0.2) is 20.2 Å². The molecule has 0 fully saturated rings. The van der Waals surface area contributed by atoms with Gasteiger partial charge in [0.2, 0.25) is 0 Å². The Kier molecular flexibility index (Phi) is 4.42. The van der Waals surface area contributed by atoms with Crippen LogP contribution in [0.1, 0.15) is 39.5 Å². The van der Waals surface area contributed by atoms with Crippen LogP contribution in [0.5, 0.6) is 0 Å². The van der Waals surface area contributed by atoms with Gasteiger partial charge in [0.25, 0.3) is 0 Å². The van der Waals surface area contributed by atoms with E-state index < -0.39 is 12.9 Å². The van der Waals surface area contributed by atoms with Gasteiger partial charge in [0.15, 0.2) is 5.34 Å². The van der Waals surface area contributed by atoms with Crippen LogP contribution in [0, 0.1) is 0 Å².